The van der Waals surface area contributed by atoms with Crippen LogP contribution in [0.1, 0.15) is 26.7 Å². The van der Waals surface area contributed by atoms with Gasteiger partial charge in [0.1, 0.15) is 0 Å². The van der Waals surface area contributed by atoms with Gasteiger partial charge < -0.3 is 14.7 Å². The van der Waals surface area contributed by atoms with E-state index in [2.05, 4.69) is 13.8 Å². The summed E-state index contributed by atoms with van der Waals surface area (Å²) in [4.78, 5) is 12.9. The number of amides is 1. The first-order valence-electron chi connectivity index (χ1n) is 5.63. The lowest BCUT2D eigenvalue weighted by Crippen LogP contribution is -2.29. The van der Waals surface area contributed by atoms with Crippen molar-refractivity contribution in [3.63, 3.8) is 0 Å². The van der Waals surface area contributed by atoms with Gasteiger partial charge in [-0.3, -0.25) is 4.79 Å². The Morgan fingerprint density at radius 3 is 2.80 bits per heavy atom. The van der Waals surface area contributed by atoms with Crippen LogP contribution in [0.4, 0.5) is 0 Å². The van der Waals surface area contributed by atoms with Crippen LogP contribution in [0.25, 0.3) is 0 Å². The maximum absolute atomic E-state index is 11.3. The van der Waals surface area contributed by atoms with E-state index < -0.39 is 6.10 Å². The van der Waals surface area contributed by atoms with E-state index in [0.29, 0.717) is 25.6 Å². The SMILES string of the molecule is CC(C)CCOCCN1CC(O)CC1=O. The predicted octanol–water partition coefficient (Wildman–Crippen LogP) is 0.642. The van der Waals surface area contributed by atoms with Crippen molar-refractivity contribution in [3.8, 4) is 0 Å². The molecule has 1 unspecified atom stereocenters. The summed E-state index contributed by atoms with van der Waals surface area (Å²) in [5.74, 6) is 0.690. The van der Waals surface area contributed by atoms with Crippen LogP contribution in [0.2, 0.25) is 0 Å². The minimum Gasteiger partial charge on any atom is -0.391 e. The molecule has 0 bridgehead atoms. The maximum Gasteiger partial charge on any atom is 0.225 e. The zero-order chi connectivity index (χ0) is 11.3. The molecule has 1 amide bonds. The minimum atomic E-state index is -0.479. The Hall–Kier alpha value is -0.610. The lowest BCUT2D eigenvalue weighted by molar-refractivity contribution is -0.128. The van der Waals surface area contributed by atoms with Crippen LogP contribution in [-0.2, 0) is 9.53 Å². The van der Waals surface area contributed by atoms with Crippen molar-refractivity contribution in [2.45, 2.75) is 32.8 Å². The Bertz CT molecular complexity index is 206. The minimum absolute atomic E-state index is 0.0370. The maximum atomic E-state index is 11.3. The summed E-state index contributed by atoms with van der Waals surface area (Å²) in [7, 11) is 0. The first kappa shape index (κ1) is 12.5. The van der Waals surface area contributed by atoms with Crippen molar-refractivity contribution < 1.29 is 14.6 Å². The van der Waals surface area contributed by atoms with Gasteiger partial charge in [-0.05, 0) is 12.3 Å². The highest BCUT2D eigenvalue weighted by atomic mass is 16.5. The predicted molar refractivity (Wildman–Crippen MR) is 57.5 cm³/mol. The Morgan fingerprint density at radius 2 is 2.27 bits per heavy atom. The van der Waals surface area contributed by atoms with Gasteiger partial charge >= 0.3 is 0 Å². The number of nitrogens with zero attached hydrogens (tertiary/aromatic N) is 1. The molecular formula is C11H21NO3. The molecule has 1 N–H and O–H groups in total. The van der Waals surface area contributed by atoms with Crippen molar-refractivity contribution in [1.82, 2.24) is 4.90 Å². The fourth-order valence-corrected chi connectivity index (χ4v) is 1.56. The number of ether oxygens (including phenoxy) is 1. The van der Waals surface area contributed by atoms with Crippen LogP contribution in [-0.4, -0.2) is 48.3 Å². The van der Waals surface area contributed by atoms with Gasteiger partial charge in [-0.1, -0.05) is 13.8 Å². The molecule has 0 aromatic rings. The molecule has 1 rings (SSSR count). The Balaban J connectivity index is 2.03. The summed E-state index contributed by atoms with van der Waals surface area (Å²) in [6.07, 6.45) is 0.843. The molecule has 4 heteroatoms. The van der Waals surface area contributed by atoms with Gasteiger partial charge in [-0.15, -0.1) is 0 Å². The number of rotatable bonds is 6. The van der Waals surface area contributed by atoms with Gasteiger partial charge in [0.15, 0.2) is 0 Å². The van der Waals surface area contributed by atoms with Crippen molar-refractivity contribution in [1.29, 1.82) is 0 Å². The van der Waals surface area contributed by atoms with Gasteiger partial charge in [-0.2, -0.15) is 0 Å². The molecule has 88 valence electrons. The van der Waals surface area contributed by atoms with E-state index >= 15 is 0 Å². The smallest absolute Gasteiger partial charge is 0.225 e. The first-order chi connectivity index (χ1) is 7.09. The Labute approximate surface area is 91.2 Å². The summed E-state index contributed by atoms with van der Waals surface area (Å²) in [6.45, 7) is 6.71. The number of β-amino-alcohol motifs (C(OH)–C–C–N with tert-alkyl or cyclic N) is 1. The normalized spacial score (nSPS) is 21.7. The van der Waals surface area contributed by atoms with E-state index in [1.54, 1.807) is 4.90 Å². The molecule has 0 radical (unpaired) electrons. The molecule has 1 aliphatic heterocycles. The number of aliphatic hydroxyl groups excluding tert-OH is 1. The third kappa shape index (κ3) is 4.62. The summed E-state index contributed by atoms with van der Waals surface area (Å²) in [5.41, 5.74) is 0. The monoisotopic (exact) mass is 215 g/mol. The second kappa shape index (κ2) is 6.08. The third-order valence-corrected chi connectivity index (χ3v) is 2.54. The van der Waals surface area contributed by atoms with Crippen molar-refractivity contribution in [3.05, 3.63) is 0 Å². The van der Waals surface area contributed by atoms with E-state index in [1.165, 1.54) is 0 Å². The first-order valence-corrected chi connectivity index (χ1v) is 5.63. The highest BCUT2D eigenvalue weighted by Crippen LogP contribution is 2.09. The van der Waals surface area contributed by atoms with Crippen LogP contribution in [0.15, 0.2) is 0 Å². The standard InChI is InChI=1S/C11H21NO3/c1-9(2)3-5-15-6-4-12-8-10(13)7-11(12)14/h9-10,13H,3-8H2,1-2H3. The lowest BCUT2D eigenvalue weighted by atomic mass is 10.1. The molecule has 1 saturated heterocycles. The quantitative estimate of drug-likeness (QED) is 0.662. The molecule has 0 spiro atoms. The van der Waals surface area contributed by atoms with Crippen LogP contribution >= 0.6 is 0 Å². The average Bonchev–Trinajstić information content (AvgIpc) is 2.44. The molecule has 0 aliphatic carbocycles. The highest BCUT2D eigenvalue weighted by Gasteiger charge is 2.27. The molecule has 1 aliphatic rings. The van der Waals surface area contributed by atoms with E-state index in [0.717, 1.165) is 13.0 Å². The number of carbonyl (C=O) groups excluding carboxylic acids is 1. The number of carbonyl (C=O) groups is 1. The zero-order valence-corrected chi connectivity index (χ0v) is 9.61. The molecule has 1 atom stereocenters. The topological polar surface area (TPSA) is 49.8 Å². The fourth-order valence-electron chi connectivity index (χ4n) is 1.56. The van der Waals surface area contributed by atoms with Crippen molar-refractivity contribution >= 4 is 5.91 Å². The molecule has 4 nitrogen and oxygen atoms in total. The van der Waals surface area contributed by atoms with Crippen molar-refractivity contribution in [2.75, 3.05) is 26.3 Å². The van der Waals surface area contributed by atoms with Crippen LogP contribution in [0.5, 0.6) is 0 Å². The van der Waals surface area contributed by atoms with E-state index in [1.807, 2.05) is 0 Å². The van der Waals surface area contributed by atoms with Gasteiger partial charge in [0.25, 0.3) is 0 Å². The van der Waals surface area contributed by atoms with Gasteiger partial charge in [0, 0.05) is 19.7 Å². The lowest BCUT2D eigenvalue weighted by Gasteiger charge is -2.15. The summed E-state index contributed by atoms with van der Waals surface area (Å²) < 4.78 is 5.41. The molecule has 1 heterocycles. The summed E-state index contributed by atoms with van der Waals surface area (Å²) >= 11 is 0. The third-order valence-electron chi connectivity index (χ3n) is 2.54. The van der Waals surface area contributed by atoms with Crippen LogP contribution in [0.3, 0.4) is 0 Å². The van der Waals surface area contributed by atoms with E-state index in [9.17, 15) is 9.90 Å². The second-order valence-corrected chi connectivity index (χ2v) is 4.49. The average molecular weight is 215 g/mol. The molecular weight excluding hydrogens is 194 g/mol. The Kier molecular flexibility index (Phi) is 5.05. The molecule has 15 heavy (non-hydrogen) atoms. The van der Waals surface area contributed by atoms with Gasteiger partial charge in [-0.25, -0.2) is 0 Å². The largest absolute Gasteiger partial charge is 0.391 e. The number of likely N-dealkylation sites (tertiary alicyclic amines) is 1. The van der Waals surface area contributed by atoms with Crippen LogP contribution in [0, 0.1) is 5.92 Å². The van der Waals surface area contributed by atoms with Crippen LogP contribution < -0.4 is 0 Å². The van der Waals surface area contributed by atoms with Gasteiger partial charge in [0.05, 0.1) is 19.1 Å². The van der Waals surface area contributed by atoms with E-state index in [4.69, 9.17) is 4.74 Å². The number of hydrogen-bond donors (Lipinski definition) is 1. The molecule has 0 aromatic carbocycles. The van der Waals surface area contributed by atoms with Gasteiger partial charge in [0.2, 0.25) is 5.91 Å². The van der Waals surface area contributed by atoms with Crippen molar-refractivity contribution in [2.24, 2.45) is 5.92 Å². The number of aliphatic hydroxyl groups is 1. The Morgan fingerprint density at radius 1 is 1.53 bits per heavy atom. The van der Waals surface area contributed by atoms with E-state index in [-0.39, 0.29) is 12.3 Å². The molecule has 0 saturated carbocycles. The fraction of sp³-hybridized carbons (Fsp3) is 0.909. The number of hydrogen-bond acceptors (Lipinski definition) is 3. The summed E-state index contributed by atoms with van der Waals surface area (Å²) in [6, 6.07) is 0. The molecule has 1 fully saturated rings. The zero-order valence-electron chi connectivity index (χ0n) is 9.61. The molecule has 0 aromatic heterocycles. The summed E-state index contributed by atoms with van der Waals surface area (Å²) in [5, 5.41) is 9.24. The highest BCUT2D eigenvalue weighted by molar-refractivity contribution is 5.78. The second-order valence-electron chi connectivity index (χ2n) is 4.49.